The number of nitrogens with zero attached hydrogens (tertiary/aromatic N) is 6. The Bertz CT molecular complexity index is 4600. The highest BCUT2D eigenvalue weighted by atomic mass is 15.0. The van der Waals surface area contributed by atoms with Gasteiger partial charge >= 0.3 is 0 Å². The number of benzene rings is 10. The van der Waals surface area contributed by atoms with E-state index in [-0.39, 0.29) is 5.92 Å². The minimum atomic E-state index is -0.716. The van der Waals surface area contributed by atoms with Crippen molar-refractivity contribution < 1.29 is 0 Å². The van der Waals surface area contributed by atoms with Gasteiger partial charge in [-0.2, -0.15) is 0 Å². The van der Waals surface area contributed by atoms with Crippen molar-refractivity contribution in [3.8, 4) is 113 Å². The van der Waals surface area contributed by atoms with Crippen molar-refractivity contribution in [1.29, 1.82) is 0 Å². The summed E-state index contributed by atoms with van der Waals surface area (Å²) in [6.45, 7) is 0. The second-order valence-electron chi connectivity index (χ2n) is 22.4. The largest absolute Gasteiger partial charge is 0.212 e. The summed E-state index contributed by atoms with van der Waals surface area (Å²) in [6, 6.07) is 88.7. The molecule has 0 aliphatic heterocycles. The lowest BCUT2D eigenvalue weighted by Crippen LogP contribution is -2.26. The van der Waals surface area contributed by atoms with Crippen LogP contribution in [0.1, 0.15) is 53.3 Å². The van der Waals surface area contributed by atoms with E-state index >= 15 is 0 Å². The maximum atomic E-state index is 5.50. The number of aromatic nitrogens is 6. The van der Waals surface area contributed by atoms with Crippen molar-refractivity contribution in [3.63, 3.8) is 0 Å². The van der Waals surface area contributed by atoms with Gasteiger partial charge in [-0.25, -0.2) is 29.9 Å². The highest BCUT2D eigenvalue weighted by Crippen LogP contribution is 2.63. The van der Waals surface area contributed by atoms with Crippen LogP contribution in [-0.4, -0.2) is 29.9 Å². The Hall–Kier alpha value is -10.8. The first-order valence-electron chi connectivity index (χ1n) is 29.3. The molecule has 16 rings (SSSR count). The van der Waals surface area contributed by atoms with Gasteiger partial charge in [0.15, 0.2) is 29.1 Å². The molecule has 0 saturated carbocycles. The third-order valence-electron chi connectivity index (χ3n) is 17.3. The average Bonchev–Trinajstić information content (AvgIpc) is 1.54. The summed E-state index contributed by atoms with van der Waals surface area (Å²) in [5, 5.41) is 0. The molecule has 12 aromatic rings. The summed E-state index contributed by atoms with van der Waals surface area (Å²) < 4.78 is 0. The molecule has 0 saturated heterocycles. The molecular formula is C79H54N6. The van der Waals surface area contributed by atoms with Crippen LogP contribution < -0.4 is 0 Å². The third-order valence-corrected chi connectivity index (χ3v) is 17.3. The van der Waals surface area contributed by atoms with Gasteiger partial charge in [-0.3, -0.25) is 0 Å². The fourth-order valence-electron chi connectivity index (χ4n) is 13.3. The van der Waals surface area contributed by atoms with Crippen molar-refractivity contribution in [2.24, 2.45) is 0 Å². The van der Waals surface area contributed by atoms with Crippen LogP contribution in [0, 0.1) is 0 Å². The van der Waals surface area contributed by atoms with Crippen LogP contribution in [0.2, 0.25) is 0 Å². The minimum absolute atomic E-state index is 0.0527. The van der Waals surface area contributed by atoms with Crippen LogP contribution >= 0.6 is 0 Å². The molecule has 0 radical (unpaired) electrons. The third kappa shape index (κ3) is 8.81. The molecule has 6 heteroatoms. The van der Waals surface area contributed by atoms with Crippen LogP contribution in [0.3, 0.4) is 0 Å². The Morgan fingerprint density at radius 2 is 0.659 bits per heavy atom. The second kappa shape index (κ2) is 20.9. The van der Waals surface area contributed by atoms with Crippen molar-refractivity contribution in [2.75, 3.05) is 0 Å². The van der Waals surface area contributed by atoms with E-state index in [1.165, 1.54) is 44.5 Å². The monoisotopic (exact) mass is 1090 g/mol. The summed E-state index contributed by atoms with van der Waals surface area (Å²) in [4.78, 5) is 32.5. The van der Waals surface area contributed by atoms with E-state index < -0.39 is 5.41 Å². The van der Waals surface area contributed by atoms with Gasteiger partial charge < -0.3 is 0 Å². The van der Waals surface area contributed by atoms with E-state index in [1.54, 1.807) is 0 Å². The van der Waals surface area contributed by atoms with Gasteiger partial charge in [-0.05, 0) is 139 Å². The van der Waals surface area contributed by atoms with E-state index in [2.05, 4.69) is 273 Å². The summed E-state index contributed by atoms with van der Waals surface area (Å²) in [5.41, 5.74) is 22.5. The fraction of sp³-hybridized carbons (Fsp3) is 0.0633. The van der Waals surface area contributed by atoms with Gasteiger partial charge in [0.05, 0.1) is 5.41 Å². The zero-order chi connectivity index (χ0) is 56.3. The lowest BCUT2D eigenvalue weighted by molar-refractivity contribution is 0.759. The molecule has 2 heterocycles. The summed E-state index contributed by atoms with van der Waals surface area (Å²) in [7, 11) is 0. The summed E-state index contributed by atoms with van der Waals surface area (Å²) in [6.07, 6.45) is 16.6. The predicted molar refractivity (Wildman–Crippen MR) is 344 cm³/mol. The Kier molecular flexibility index (Phi) is 12.3. The average molecular weight is 1090 g/mol. The fourth-order valence-corrected chi connectivity index (χ4v) is 13.3. The van der Waals surface area contributed by atoms with Crippen LogP contribution in [0.5, 0.6) is 0 Å². The van der Waals surface area contributed by atoms with E-state index in [0.717, 1.165) is 97.4 Å². The first-order valence-corrected chi connectivity index (χ1v) is 29.3. The van der Waals surface area contributed by atoms with E-state index in [0.29, 0.717) is 29.1 Å². The summed E-state index contributed by atoms with van der Waals surface area (Å²) >= 11 is 0. The summed E-state index contributed by atoms with van der Waals surface area (Å²) in [5.74, 6) is 3.78. The molecule has 2 aromatic heterocycles. The standard InChI is InChI=1S/C79H54N6/c1-5-21-51(22-6-1)55-29-17-33-59(45-55)73-80-74(60-34-18-30-56(46-60)52-23-7-2-8-24-52)83-77(82-73)63-41-43-67-68-44-42-64(50-72(68)79(71(67)49-63)69-39-15-13-37-65(69)66-38-14-16-40-70(66)79)78-84-75(61-35-19-31-57(47-61)53-25-9-3-10-26-53)81-76(85-78)62-36-20-32-58(48-62)54-27-11-4-12-28-54/h1-3,5-11,13-35,37-50,62H,4,12,36H2. The molecular weight excluding hydrogens is 1030 g/mol. The maximum absolute atomic E-state index is 5.50. The molecule has 4 aliphatic carbocycles. The minimum Gasteiger partial charge on any atom is -0.212 e. The Morgan fingerprint density at radius 3 is 1.11 bits per heavy atom. The molecule has 400 valence electrons. The van der Waals surface area contributed by atoms with Crippen LogP contribution in [0.25, 0.3) is 113 Å². The van der Waals surface area contributed by atoms with Crippen LogP contribution in [-0.2, 0) is 5.41 Å². The lowest BCUT2D eigenvalue weighted by atomic mass is 9.70. The van der Waals surface area contributed by atoms with Crippen molar-refractivity contribution >= 4 is 0 Å². The van der Waals surface area contributed by atoms with E-state index in [1.807, 2.05) is 12.1 Å². The molecule has 0 amide bonds. The zero-order valence-electron chi connectivity index (χ0n) is 46.5. The maximum Gasteiger partial charge on any atom is 0.164 e. The molecule has 85 heavy (non-hydrogen) atoms. The van der Waals surface area contributed by atoms with Gasteiger partial charge in [-0.1, -0.05) is 255 Å². The Morgan fingerprint density at radius 1 is 0.282 bits per heavy atom. The molecule has 6 nitrogen and oxygen atoms in total. The smallest absolute Gasteiger partial charge is 0.164 e. The zero-order valence-corrected chi connectivity index (χ0v) is 46.5. The lowest BCUT2D eigenvalue weighted by Gasteiger charge is -2.31. The highest BCUT2D eigenvalue weighted by Gasteiger charge is 2.52. The van der Waals surface area contributed by atoms with Gasteiger partial charge in [0, 0.05) is 33.7 Å². The molecule has 0 N–H and O–H groups in total. The van der Waals surface area contributed by atoms with Crippen molar-refractivity contribution in [1.82, 2.24) is 29.9 Å². The number of hydrogen-bond donors (Lipinski definition) is 0. The van der Waals surface area contributed by atoms with Gasteiger partial charge in [0.2, 0.25) is 0 Å². The molecule has 1 spiro atoms. The number of allylic oxidation sites excluding steroid dienone is 8. The quantitative estimate of drug-likeness (QED) is 0.136. The molecule has 4 aliphatic rings. The molecule has 1 unspecified atom stereocenters. The van der Waals surface area contributed by atoms with Crippen LogP contribution in [0.4, 0.5) is 0 Å². The molecule has 0 bridgehead atoms. The number of rotatable bonds is 10. The van der Waals surface area contributed by atoms with Gasteiger partial charge in [0.25, 0.3) is 0 Å². The van der Waals surface area contributed by atoms with E-state index in [9.17, 15) is 0 Å². The van der Waals surface area contributed by atoms with E-state index in [4.69, 9.17) is 29.9 Å². The van der Waals surface area contributed by atoms with Crippen LogP contribution in [0.15, 0.2) is 296 Å². The first-order chi connectivity index (χ1) is 42.1. The van der Waals surface area contributed by atoms with Crippen molar-refractivity contribution in [3.05, 3.63) is 324 Å². The van der Waals surface area contributed by atoms with Gasteiger partial charge in [0.1, 0.15) is 5.82 Å². The Labute approximate surface area is 494 Å². The van der Waals surface area contributed by atoms with Crippen molar-refractivity contribution in [2.45, 2.75) is 30.6 Å². The molecule has 1 atom stereocenters. The molecule has 10 aromatic carbocycles. The topological polar surface area (TPSA) is 77.3 Å². The predicted octanol–water partition coefficient (Wildman–Crippen LogP) is 19.0. The second-order valence-corrected chi connectivity index (χ2v) is 22.4. The first kappa shape index (κ1) is 50.0. The highest BCUT2D eigenvalue weighted by molar-refractivity contribution is 5.97. The Balaban J connectivity index is 0.880. The molecule has 0 fully saturated rings. The van der Waals surface area contributed by atoms with Gasteiger partial charge in [-0.15, -0.1) is 0 Å². The number of hydrogen-bond acceptors (Lipinski definition) is 6. The SMILES string of the molecule is C1=CC(C2=CC(c3nc(-c4cccc(-c5ccccc5)c4)nc(-c4ccc5c(c4)C4(c6ccccc6-c6ccccc64)c4cc(-c6nc(-c7cccc(-c8ccccc8)c7)nc(-c7cccc(-c8ccccc8)c7)n6)ccc4-5)n3)CC=C2)=CCC1. The normalized spacial score (nSPS) is 14.9. The number of fused-ring (bicyclic) bond motifs is 10.